The standard InChI is InChI=1S/C20H25N3O2S/c1-16(17-6-3-2-4-7-17)14-21-19(24)15-22-9-11-23(12-10-22)20(25)18-8-5-13-26-18/h2-8,13,16H,9-12,14-15H2,1H3,(H,21,24). The van der Waals surface area contributed by atoms with E-state index in [4.69, 9.17) is 0 Å². The Morgan fingerprint density at radius 2 is 1.81 bits per heavy atom. The fourth-order valence-corrected chi connectivity index (χ4v) is 3.78. The molecular formula is C20H25N3O2S. The minimum Gasteiger partial charge on any atom is -0.354 e. The van der Waals surface area contributed by atoms with Gasteiger partial charge in [-0.2, -0.15) is 0 Å². The highest BCUT2D eigenvalue weighted by molar-refractivity contribution is 7.12. The number of nitrogens with zero attached hydrogens (tertiary/aromatic N) is 2. The molecule has 1 atom stereocenters. The summed E-state index contributed by atoms with van der Waals surface area (Å²) in [4.78, 5) is 29.3. The molecule has 1 saturated heterocycles. The van der Waals surface area contributed by atoms with Gasteiger partial charge in [0.2, 0.25) is 5.91 Å². The molecule has 1 N–H and O–H groups in total. The smallest absolute Gasteiger partial charge is 0.264 e. The van der Waals surface area contributed by atoms with Crippen LogP contribution < -0.4 is 5.32 Å². The van der Waals surface area contributed by atoms with E-state index in [9.17, 15) is 9.59 Å². The first-order valence-electron chi connectivity index (χ1n) is 9.00. The number of hydrogen-bond donors (Lipinski definition) is 1. The van der Waals surface area contributed by atoms with Crippen molar-refractivity contribution in [1.82, 2.24) is 15.1 Å². The van der Waals surface area contributed by atoms with Crippen LogP contribution in [0.4, 0.5) is 0 Å². The quantitative estimate of drug-likeness (QED) is 0.849. The highest BCUT2D eigenvalue weighted by Crippen LogP contribution is 2.14. The van der Waals surface area contributed by atoms with Gasteiger partial charge in [-0.15, -0.1) is 11.3 Å². The predicted octanol–water partition coefficient (Wildman–Crippen LogP) is 2.43. The molecule has 0 spiro atoms. The Balaban J connectivity index is 1.39. The van der Waals surface area contributed by atoms with Crippen molar-refractivity contribution in [2.24, 2.45) is 0 Å². The van der Waals surface area contributed by atoms with Gasteiger partial charge in [-0.3, -0.25) is 14.5 Å². The van der Waals surface area contributed by atoms with Crippen LogP contribution in [-0.2, 0) is 4.79 Å². The monoisotopic (exact) mass is 371 g/mol. The van der Waals surface area contributed by atoms with Crippen molar-refractivity contribution in [3.8, 4) is 0 Å². The topological polar surface area (TPSA) is 52.7 Å². The van der Waals surface area contributed by atoms with Gasteiger partial charge in [0.25, 0.3) is 5.91 Å². The van der Waals surface area contributed by atoms with E-state index in [1.165, 1.54) is 16.9 Å². The third-order valence-electron chi connectivity index (χ3n) is 4.73. The van der Waals surface area contributed by atoms with Crippen LogP contribution in [0.3, 0.4) is 0 Å². The average molecular weight is 372 g/mol. The number of carbonyl (C=O) groups excluding carboxylic acids is 2. The number of carbonyl (C=O) groups is 2. The molecule has 1 aromatic carbocycles. The van der Waals surface area contributed by atoms with E-state index in [0.717, 1.165) is 18.0 Å². The normalized spacial score (nSPS) is 16.3. The van der Waals surface area contributed by atoms with Crippen molar-refractivity contribution in [3.63, 3.8) is 0 Å². The molecule has 0 saturated carbocycles. The molecule has 6 heteroatoms. The van der Waals surface area contributed by atoms with Crippen LogP contribution in [0.25, 0.3) is 0 Å². The van der Waals surface area contributed by atoms with Gasteiger partial charge >= 0.3 is 0 Å². The molecule has 5 nitrogen and oxygen atoms in total. The SMILES string of the molecule is CC(CNC(=O)CN1CCN(C(=O)c2cccs2)CC1)c1ccccc1. The van der Waals surface area contributed by atoms with Crippen LogP contribution in [0.1, 0.15) is 28.1 Å². The van der Waals surface area contributed by atoms with Crippen molar-refractivity contribution in [2.75, 3.05) is 39.3 Å². The third kappa shape index (κ3) is 4.93. The first kappa shape index (κ1) is 18.6. The Morgan fingerprint density at radius 1 is 1.08 bits per heavy atom. The van der Waals surface area contributed by atoms with Crippen LogP contribution in [0, 0.1) is 0 Å². The second-order valence-electron chi connectivity index (χ2n) is 6.66. The number of hydrogen-bond acceptors (Lipinski definition) is 4. The van der Waals surface area contributed by atoms with Gasteiger partial charge < -0.3 is 10.2 Å². The van der Waals surface area contributed by atoms with Gasteiger partial charge in [-0.05, 0) is 22.9 Å². The first-order chi connectivity index (χ1) is 12.6. The Morgan fingerprint density at radius 3 is 2.46 bits per heavy atom. The van der Waals surface area contributed by atoms with Gasteiger partial charge in [0.1, 0.15) is 0 Å². The summed E-state index contributed by atoms with van der Waals surface area (Å²) in [5, 5.41) is 4.95. The molecule has 138 valence electrons. The molecule has 1 aliphatic rings. The summed E-state index contributed by atoms with van der Waals surface area (Å²) in [6, 6.07) is 14.0. The molecular weight excluding hydrogens is 346 g/mol. The first-order valence-corrected chi connectivity index (χ1v) is 9.88. The van der Waals surface area contributed by atoms with Crippen molar-refractivity contribution in [2.45, 2.75) is 12.8 Å². The van der Waals surface area contributed by atoms with Crippen LogP contribution in [0.5, 0.6) is 0 Å². The molecule has 1 fully saturated rings. The lowest BCUT2D eigenvalue weighted by molar-refractivity contribution is -0.122. The van der Waals surface area contributed by atoms with E-state index in [0.29, 0.717) is 32.1 Å². The van der Waals surface area contributed by atoms with E-state index in [1.54, 1.807) is 0 Å². The number of amides is 2. The lowest BCUT2D eigenvalue weighted by Crippen LogP contribution is -2.51. The Labute approximate surface area is 158 Å². The highest BCUT2D eigenvalue weighted by atomic mass is 32.1. The summed E-state index contributed by atoms with van der Waals surface area (Å²) in [5.74, 6) is 0.437. The number of nitrogens with one attached hydrogen (secondary N) is 1. The predicted molar refractivity (Wildman–Crippen MR) is 105 cm³/mol. The molecule has 0 aliphatic carbocycles. The fraction of sp³-hybridized carbons (Fsp3) is 0.400. The second-order valence-corrected chi connectivity index (χ2v) is 7.61. The number of piperazine rings is 1. The van der Waals surface area contributed by atoms with Gasteiger partial charge in [0.05, 0.1) is 11.4 Å². The molecule has 2 heterocycles. The summed E-state index contributed by atoms with van der Waals surface area (Å²) >= 11 is 1.47. The fourth-order valence-electron chi connectivity index (χ4n) is 3.09. The van der Waals surface area contributed by atoms with E-state index in [-0.39, 0.29) is 11.8 Å². The van der Waals surface area contributed by atoms with Crippen molar-refractivity contribution < 1.29 is 9.59 Å². The Hall–Kier alpha value is -2.18. The van der Waals surface area contributed by atoms with Gasteiger partial charge in [-0.25, -0.2) is 0 Å². The van der Waals surface area contributed by atoms with Crippen LogP contribution >= 0.6 is 11.3 Å². The second kappa shape index (κ2) is 8.96. The van der Waals surface area contributed by atoms with E-state index in [2.05, 4.69) is 29.3 Å². The van der Waals surface area contributed by atoms with Crippen molar-refractivity contribution in [1.29, 1.82) is 0 Å². The van der Waals surface area contributed by atoms with Gasteiger partial charge in [0, 0.05) is 32.7 Å². The van der Waals surface area contributed by atoms with Gasteiger partial charge in [0.15, 0.2) is 0 Å². The number of benzene rings is 1. The highest BCUT2D eigenvalue weighted by Gasteiger charge is 2.23. The maximum Gasteiger partial charge on any atom is 0.264 e. The molecule has 1 aromatic heterocycles. The maximum atomic E-state index is 12.3. The maximum absolute atomic E-state index is 12.3. The average Bonchev–Trinajstić information content (AvgIpc) is 3.21. The van der Waals surface area contributed by atoms with Gasteiger partial charge in [-0.1, -0.05) is 43.3 Å². The Bertz CT molecular complexity index is 710. The van der Waals surface area contributed by atoms with Crippen molar-refractivity contribution in [3.05, 3.63) is 58.3 Å². The van der Waals surface area contributed by atoms with E-state index < -0.39 is 0 Å². The molecule has 0 bridgehead atoms. The molecule has 2 amide bonds. The molecule has 2 aromatic rings. The van der Waals surface area contributed by atoms with Crippen LogP contribution in [0.2, 0.25) is 0 Å². The van der Waals surface area contributed by atoms with E-state index >= 15 is 0 Å². The summed E-state index contributed by atoms with van der Waals surface area (Å²) in [7, 11) is 0. The largest absolute Gasteiger partial charge is 0.354 e. The minimum atomic E-state index is 0.0471. The van der Waals surface area contributed by atoms with Crippen LogP contribution in [0.15, 0.2) is 47.8 Å². The van der Waals surface area contributed by atoms with E-state index in [1.807, 2.05) is 40.6 Å². The zero-order valence-corrected chi connectivity index (χ0v) is 15.9. The zero-order valence-electron chi connectivity index (χ0n) is 15.1. The lowest BCUT2D eigenvalue weighted by atomic mass is 10.0. The van der Waals surface area contributed by atoms with Crippen LogP contribution in [-0.4, -0.2) is 60.9 Å². The minimum absolute atomic E-state index is 0.0471. The summed E-state index contributed by atoms with van der Waals surface area (Å²) < 4.78 is 0. The number of rotatable bonds is 6. The molecule has 1 aliphatic heterocycles. The molecule has 26 heavy (non-hydrogen) atoms. The Kier molecular flexibility index (Phi) is 6.41. The molecule has 3 rings (SSSR count). The number of thiophene rings is 1. The third-order valence-corrected chi connectivity index (χ3v) is 5.59. The molecule has 0 radical (unpaired) electrons. The summed E-state index contributed by atoms with van der Waals surface area (Å²) in [6.07, 6.45) is 0. The zero-order chi connectivity index (χ0) is 18.4. The lowest BCUT2D eigenvalue weighted by Gasteiger charge is -2.34. The van der Waals surface area contributed by atoms with Crippen molar-refractivity contribution >= 4 is 23.2 Å². The summed E-state index contributed by atoms with van der Waals surface area (Å²) in [6.45, 7) is 5.96. The summed E-state index contributed by atoms with van der Waals surface area (Å²) in [5.41, 5.74) is 1.23. The molecule has 1 unspecified atom stereocenters.